The van der Waals surface area contributed by atoms with Crippen LogP contribution in [0.2, 0.25) is 0 Å². The molecule has 0 heterocycles. The lowest BCUT2D eigenvalue weighted by Gasteiger charge is -2.13. The van der Waals surface area contributed by atoms with Gasteiger partial charge in [0.15, 0.2) is 0 Å². The number of aliphatic hydroxyl groups is 1. The van der Waals surface area contributed by atoms with Crippen molar-refractivity contribution in [2.75, 3.05) is 12.0 Å². The van der Waals surface area contributed by atoms with Gasteiger partial charge in [0, 0.05) is 12.0 Å². The lowest BCUT2D eigenvalue weighted by Crippen LogP contribution is -2.14. The maximum Gasteiger partial charge on any atom is 0.147 e. The van der Waals surface area contributed by atoms with Gasteiger partial charge in [0.2, 0.25) is 0 Å². The van der Waals surface area contributed by atoms with E-state index in [0.29, 0.717) is 30.6 Å². The fourth-order valence-corrected chi connectivity index (χ4v) is 4.58. The number of rotatable bonds is 5. The van der Waals surface area contributed by atoms with E-state index >= 15 is 0 Å². The van der Waals surface area contributed by atoms with Crippen molar-refractivity contribution in [2.24, 2.45) is 11.8 Å². The van der Waals surface area contributed by atoms with E-state index in [2.05, 4.69) is 24.3 Å². The first-order valence-electron chi connectivity index (χ1n) is 7.41. The molecule has 2 aliphatic carbocycles. The predicted molar refractivity (Wildman–Crippen MR) is 79.4 cm³/mol. The van der Waals surface area contributed by atoms with E-state index < -0.39 is 9.84 Å². The van der Waals surface area contributed by atoms with Crippen molar-refractivity contribution in [3.8, 4) is 0 Å². The van der Waals surface area contributed by atoms with Crippen LogP contribution in [0.25, 0.3) is 0 Å². The van der Waals surface area contributed by atoms with Crippen LogP contribution in [-0.4, -0.2) is 31.6 Å². The Morgan fingerprint density at radius 1 is 1.35 bits per heavy atom. The Labute approximate surface area is 120 Å². The first kappa shape index (κ1) is 14.1. The van der Waals surface area contributed by atoms with Crippen LogP contribution in [0.5, 0.6) is 0 Å². The average Bonchev–Trinajstić information content (AvgIpc) is 3.12. The van der Waals surface area contributed by atoms with Crippen LogP contribution in [0.1, 0.15) is 36.3 Å². The first-order valence-corrected chi connectivity index (χ1v) is 9.47. The molecule has 3 rings (SSSR count). The normalized spacial score (nSPS) is 29.4. The van der Waals surface area contributed by atoms with Gasteiger partial charge in [-0.05, 0) is 54.6 Å². The summed E-state index contributed by atoms with van der Waals surface area (Å²) in [5, 5.41) is 10.3. The molecule has 4 unspecified atom stereocenters. The first-order chi connectivity index (χ1) is 9.47. The molecular weight excluding hydrogens is 272 g/mol. The molecule has 0 spiro atoms. The highest BCUT2D eigenvalue weighted by Gasteiger charge is 2.55. The summed E-state index contributed by atoms with van der Waals surface area (Å²) in [6.07, 6.45) is 4.36. The molecule has 20 heavy (non-hydrogen) atoms. The third kappa shape index (κ3) is 2.77. The van der Waals surface area contributed by atoms with Gasteiger partial charge < -0.3 is 5.11 Å². The number of sulfone groups is 1. The number of benzene rings is 1. The van der Waals surface area contributed by atoms with E-state index in [0.717, 1.165) is 12.8 Å². The summed E-state index contributed by atoms with van der Waals surface area (Å²) >= 11 is 0. The van der Waals surface area contributed by atoms with E-state index in [1.165, 1.54) is 17.4 Å². The minimum absolute atomic E-state index is 0.183. The number of hydrogen-bond acceptors (Lipinski definition) is 3. The van der Waals surface area contributed by atoms with E-state index in [4.69, 9.17) is 0 Å². The van der Waals surface area contributed by atoms with Crippen LogP contribution in [0.4, 0.5) is 0 Å². The van der Waals surface area contributed by atoms with Crippen LogP contribution < -0.4 is 0 Å². The molecule has 0 saturated heterocycles. The predicted octanol–water partition coefficient (Wildman–Crippen LogP) is 2.15. The van der Waals surface area contributed by atoms with Gasteiger partial charge >= 0.3 is 0 Å². The highest BCUT2D eigenvalue weighted by molar-refractivity contribution is 7.90. The van der Waals surface area contributed by atoms with Crippen molar-refractivity contribution in [2.45, 2.75) is 37.7 Å². The van der Waals surface area contributed by atoms with Gasteiger partial charge in [-0.3, -0.25) is 0 Å². The summed E-state index contributed by atoms with van der Waals surface area (Å²) in [5.41, 5.74) is 2.84. The molecule has 1 aromatic carbocycles. The Morgan fingerprint density at radius 3 is 2.85 bits per heavy atom. The largest absolute Gasteiger partial charge is 0.393 e. The smallest absolute Gasteiger partial charge is 0.147 e. The molecule has 3 nitrogen and oxygen atoms in total. The molecule has 2 aliphatic rings. The Hall–Kier alpha value is -0.870. The maximum absolute atomic E-state index is 11.1. The van der Waals surface area contributed by atoms with Crippen molar-refractivity contribution in [1.29, 1.82) is 0 Å². The van der Waals surface area contributed by atoms with Gasteiger partial charge in [0.25, 0.3) is 0 Å². The molecule has 0 aromatic heterocycles. The summed E-state index contributed by atoms with van der Waals surface area (Å²) in [7, 11) is -2.91. The minimum Gasteiger partial charge on any atom is -0.393 e. The fraction of sp³-hybridized carbons (Fsp3) is 0.625. The summed E-state index contributed by atoms with van der Waals surface area (Å²) in [4.78, 5) is 0. The number of aliphatic hydroxyl groups excluding tert-OH is 1. The third-order valence-corrected chi connectivity index (χ3v) is 5.88. The molecule has 0 aliphatic heterocycles. The summed E-state index contributed by atoms with van der Waals surface area (Å²) in [5.74, 6) is 1.65. The SMILES string of the molecule is CS(=O)(=O)CCCC(O)C1C2CCc3ccccc3C21. The molecule has 1 saturated carbocycles. The second-order valence-corrected chi connectivity index (χ2v) is 8.60. The summed E-state index contributed by atoms with van der Waals surface area (Å²) in [6, 6.07) is 8.54. The van der Waals surface area contributed by atoms with Crippen LogP contribution in [0.3, 0.4) is 0 Å². The zero-order chi connectivity index (χ0) is 14.3. The molecule has 4 heteroatoms. The average molecular weight is 294 g/mol. The maximum atomic E-state index is 11.1. The Balaban J connectivity index is 1.61. The molecule has 4 atom stereocenters. The molecule has 0 amide bonds. The minimum atomic E-state index is -2.91. The molecule has 0 radical (unpaired) electrons. The van der Waals surface area contributed by atoms with Gasteiger partial charge in [0.1, 0.15) is 9.84 Å². The Kier molecular flexibility index (Phi) is 3.63. The molecule has 1 aromatic rings. The van der Waals surface area contributed by atoms with E-state index in [-0.39, 0.29) is 11.9 Å². The zero-order valence-electron chi connectivity index (χ0n) is 11.8. The van der Waals surface area contributed by atoms with Crippen LogP contribution in [-0.2, 0) is 16.3 Å². The number of aryl methyl sites for hydroxylation is 1. The van der Waals surface area contributed by atoms with Crippen LogP contribution in [0, 0.1) is 11.8 Å². The summed E-state index contributed by atoms with van der Waals surface area (Å²) < 4.78 is 22.3. The fourth-order valence-electron chi connectivity index (χ4n) is 3.89. The molecule has 1 N–H and O–H groups in total. The highest BCUT2D eigenvalue weighted by Crippen LogP contribution is 2.61. The van der Waals surface area contributed by atoms with Gasteiger partial charge in [-0.25, -0.2) is 8.42 Å². The van der Waals surface area contributed by atoms with Gasteiger partial charge in [-0.2, -0.15) is 0 Å². The van der Waals surface area contributed by atoms with Crippen molar-refractivity contribution >= 4 is 9.84 Å². The van der Waals surface area contributed by atoms with Crippen molar-refractivity contribution in [1.82, 2.24) is 0 Å². The zero-order valence-corrected chi connectivity index (χ0v) is 12.6. The van der Waals surface area contributed by atoms with E-state index in [1.54, 1.807) is 0 Å². The second-order valence-electron chi connectivity index (χ2n) is 6.34. The molecule has 1 fully saturated rings. The van der Waals surface area contributed by atoms with E-state index in [9.17, 15) is 13.5 Å². The van der Waals surface area contributed by atoms with Crippen LogP contribution in [0.15, 0.2) is 24.3 Å². The third-order valence-electron chi connectivity index (χ3n) is 4.85. The van der Waals surface area contributed by atoms with E-state index in [1.807, 2.05) is 0 Å². The number of hydrogen-bond donors (Lipinski definition) is 1. The standard InChI is InChI=1S/C16H22O3S/c1-20(18,19)10-4-7-14(17)16-13-9-8-11-5-2-3-6-12(11)15(13)16/h2-3,5-6,13-17H,4,7-10H2,1H3. The van der Waals surface area contributed by atoms with Crippen molar-refractivity contribution in [3.63, 3.8) is 0 Å². The van der Waals surface area contributed by atoms with Crippen LogP contribution >= 0.6 is 0 Å². The molecule has 110 valence electrons. The topological polar surface area (TPSA) is 54.4 Å². The quantitative estimate of drug-likeness (QED) is 0.905. The molecular formula is C16H22O3S. The highest BCUT2D eigenvalue weighted by atomic mass is 32.2. The second kappa shape index (κ2) is 5.15. The van der Waals surface area contributed by atoms with Gasteiger partial charge in [-0.1, -0.05) is 24.3 Å². The lowest BCUT2D eigenvalue weighted by molar-refractivity contribution is 0.132. The Bertz CT molecular complexity index is 593. The van der Waals surface area contributed by atoms with Gasteiger partial charge in [-0.15, -0.1) is 0 Å². The van der Waals surface area contributed by atoms with Crippen molar-refractivity contribution in [3.05, 3.63) is 35.4 Å². The molecule has 0 bridgehead atoms. The van der Waals surface area contributed by atoms with Gasteiger partial charge in [0.05, 0.1) is 6.10 Å². The monoisotopic (exact) mass is 294 g/mol. The van der Waals surface area contributed by atoms with Crippen molar-refractivity contribution < 1.29 is 13.5 Å². The number of fused-ring (bicyclic) bond motifs is 3. The Morgan fingerprint density at radius 2 is 2.10 bits per heavy atom. The summed E-state index contributed by atoms with van der Waals surface area (Å²) in [6.45, 7) is 0. The lowest BCUT2D eigenvalue weighted by atomic mass is 9.92.